The average Bonchev–Trinajstić information content (AvgIpc) is 2.46. The van der Waals surface area contributed by atoms with Gasteiger partial charge < -0.3 is 9.67 Å². The predicted molar refractivity (Wildman–Crippen MR) is 60.5 cm³/mol. The molecular weight excluding hydrogens is 214 g/mol. The van der Waals surface area contributed by atoms with Crippen LogP contribution in [-0.4, -0.2) is 15.6 Å². The van der Waals surface area contributed by atoms with Gasteiger partial charge in [0.05, 0.1) is 5.02 Å². The number of carboxylic acid groups (broad SMARTS) is 1. The number of carbonyl (C=O) groups is 1. The lowest BCUT2D eigenvalue weighted by Gasteiger charge is -2.07. The molecule has 1 heterocycles. The summed E-state index contributed by atoms with van der Waals surface area (Å²) in [6.45, 7) is 5.02. The molecule has 0 atom stereocenters. The Balaban J connectivity index is 2.63. The smallest absolute Gasteiger partial charge is 0.352 e. The van der Waals surface area contributed by atoms with Gasteiger partial charge in [-0.05, 0) is 24.8 Å². The van der Waals surface area contributed by atoms with Gasteiger partial charge >= 0.3 is 5.97 Å². The third-order valence-electron chi connectivity index (χ3n) is 2.26. The first-order valence-electron chi connectivity index (χ1n) is 5.09. The summed E-state index contributed by atoms with van der Waals surface area (Å²) >= 11 is 5.77. The second kappa shape index (κ2) is 5.21. The first-order chi connectivity index (χ1) is 7.00. The molecule has 0 aliphatic carbocycles. The van der Waals surface area contributed by atoms with Crippen LogP contribution in [0.1, 0.15) is 37.2 Å². The molecule has 0 saturated carbocycles. The lowest BCUT2D eigenvalue weighted by Crippen LogP contribution is -2.08. The van der Waals surface area contributed by atoms with E-state index in [1.807, 2.05) is 0 Å². The van der Waals surface area contributed by atoms with Gasteiger partial charge in [-0.2, -0.15) is 0 Å². The van der Waals surface area contributed by atoms with Crippen molar-refractivity contribution < 1.29 is 9.90 Å². The zero-order chi connectivity index (χ0) is 11.4. The van der Waals surface area contributed by atoms with E-state index >= 15 is 0 Å². The number of carboxylic acids is 1. The summed E-state index contributed by atoms with van der Waals surface area (Å²) in [4.78, 5) is 10.9. The summed E-state index contributed by atoms with van der Waals surface area (Å²) < 4.78 is 1.70. The lowest BCUT2D eigenvalue weighted by atomic mass is 10.1. The predicted octanol–water partition coefficient (Wildman–Crippen LogP) is 3.28. The molecule has 0 aliphatic heterocycles. The van der Waals surface area contributed by atoms with Gasteiger partial charge in [-0.15, -0.1) is 0 Å². The molecule has 0 aliphatic rings. The van der Waals surface area contributed by atoms with Crippen molar-refractivity contribution >= 4 is 17.6 Å². The molecule has 0 radical (unpaired) electrons. The van der Waals surface area contributed by atoms with Crippen LogP contribution in [0.5, 0.6) is 0 Å². The largest absolute Gasteiger partial charge is 0.477 e. The summed E-state index contributed by atoms with van der Waals surface area (Å²) in [6.07, 6.45) is 3.74. The van der Waals surface area contributed by atoms with Crippen LogP contribution < -0.4 is 0 Å². The summed E-state index contributed by atoms with van der Waals surface area (Å²) in [6, 6.07) is 1.49. The summed E-state index contributed by atoms with van der Waals surface area (Å²) in [5.74, 6) is -0.282. The van der Waals surface area contributed by atoms with Crippen LogP contribution in [0.3, 0.4) is 0 Å². The van der Waals surface area contributed by atoms with Gasteiger partial charge in [-0.25, -0.2) is 4.79 Å². The van der Waals surface area contributed by atoms with E-state index in [1.165, 1.54) is 6.07 Å². The molecule has 84 valence electrons. The highest BCUT2D eigenvalue weighted by Gasteiger charge is 2.11. The number of aromatic carboxylic acids is 1. The lowest BCUT2D eigenvalue weighted by molar-refractivity contribution is 0.0685. The molecule has 4 heteroatoms. The Morgan fingerprint density at radius 3 is 2.80 bits per heavy atom. The fraction of sp³-hybridized carbons (Fsp3) is 0.545. The van der Waals surface area contributed by atoms with E-state index in [-0.39, 0.29) is 5.69 Å². The number of aromatic nitrogens is 1. The molecule has 0 fully saturated rings. The molecule has 1 N–H and O–H groups in total. The zero-order valence-corrected chi connectivity index (χ0v) is 9.79. The molecule has 0 saturated heterocycles. The summed E-state index contributed by atoms with van der Waals surface area (Å²) in [5.41, 5.74) is 0.267. The van der Waals surface area contributed by atoms with Gasteiger partial charge in [0.15, 0.2) is 0 Å². The Morgan fingerprint density at radius 2 is 2.27 bits per heavy atom. The molecule has 15 heavy (non-hydrogen) atoms. The SMILES string of the molecule is CC(C)CCCn1cc(Cl)cc1C(=O)O. The normalized spacial score (nSPS) is 10.9. The van der Waals surface area contributed by atoms with Crippen molar-refractivity contribution in [1.29, 1.82) is 0 Å². The standard InChI is InChI=1S/C11H16ClNO2/c1-8(2)4-3-5-13-7-9(12)6-10(13)11(14)15/h6-8H,3-5H2,1-2H3,(H,14,15). The van der Waals surface area contributed by atoms with Crippen molar-refractivity contribution in [3.63, 3.8) is 0 Å². The molecule has 0 bridgehead atoms. The first kappa shape index (κ1) is 12.1. The Hall–Kier alpha value is -0.960. The number of rotatable bonds is 5. The second-order valence-corrected chi connectivity index (χ2v) is 4.51. The van der Waals surface area contributed by atoms with Gasteiger partial charge in [-0.3, -0.25) is 0 Å². The highest BCUT2D eigenvalue weighted by molar-refractivity contribution is 6.30. The minimum atomic E-state index is -0.925. The van der Waals surface area contributed by atoms with Gasteiger partial charge in [-0.1, -0.05) is 25.4 Å². The van der Waals surface area contributed by atoms with Crippen molar-refractivity contribution in [3.05, 3.63) is 23.0 Å². The molecule has 3 nitrogen and oxygen atoms in total. The maximum absolute atomic E-state index is 10.9. The van der Waals surface area contributed by atoms with Crippen molar-refractivity contribution in [2.24, 2.45) is 5.92 Å². The Bertz CT molecular complexity index is 344. The Labute approximate surface area is 94.7 Å². The second-order valence-electron chi connectivity index (χ2n) is 4.08. The highest BCUT2D eigenvalue weighted by atomic mass is 35.5. The van der Waals surface area contributed by atoms with Crippen molar-refractivity contribution in [2.45, 2.75) is 33.2 Å². The monoisotopic (exact) mass is 229 g/mol. The maximum atomic E-state index is 10.9. The molecule has 1 aromatic rings. The molecule has 0 amide bonds. The quantitative estimate of drug-likeness (QED) is 0.842. The topological polar surface area (TPSA) is 42.2 Å². The summed E-state index contributed by atoms with van der Waals surface area (Å²) in [7, 11) is 0. The van der Waals surface area contributed by atoms with E-state index in [0.717, 1.165) is 12.8 Å². The van der Waals surface area contributed by atoms with Crippen LogP contribution in [0, 0.1) is 5.92 Å². The molecule has 0 unspecified atom stereocenters. The van der Waals surface area contributed by atoms with Crippen LogP contribution in [0.4, 0.5) is 0 Å². The van der Waals surface area contributed by atoms with Gasteiger partial charge in [0.1, 0.15) is 5.69 Å². The maximum Gasteiger partial charge on any atom is 0.352 e. The van der Waals surface area contributed by atoms with Gasteiger partial charge in [0.25, 0.3) is 0 Å². The van der Waals surface area contributed by atoms with E-state index in [0.29, 0.717) is 17.5 Å². The van der Waals surface area contributed by atoms with E-state index in [9.17, 15) is 4.79 Å². The number of hydrogen-bond acceptors (Lipinski definition) is 1. The van der Waals surface area contributed by atoms with Crippen LogP contribution in [0.25, 0.3) is 0 Å². The minimum Gasteiger partial charge on any atom is -0.477 e. The number of hydrogen-bond donors (Lipinski definition) is 1. The third kappa shape index (κ3) is 3.59. The van der Waals surface area contributed by atoms with Crippen molar-refractivity contribution in [3.8, 4) is 0 Å². The third-order valence-corrected chi connectivity index (χ3v) is 2.47. The van der Waals surface area contributed by atoms with Gasteiger partial charge in [0, 0.05) is 12.7 Å². The van der Waals surface area contributed by atoms with E-state index in [4.69, 9.17) is 16.7 Å². The van der Waals surface area contributed by atoms with E-state index in [1.54, 1.807) is 10.8 Å². The van der Waals surface area contributed by atoms with Crippen LogP contribution >= 0.6 is 11.6 Å². The van der Waals surface area contributed by atoms with Gasteiger partial charge in [0.2, 0.25) is 0 Å². The molecular formula is C11H16ClNO2. The van der Waals surface area contributed by atoms with Crippen molar-refractivity contribution in [2.75, 3.05) is 0 Å². The fourth-order valence-electron chi connectivity index (χ4n) is 1.51. The van der Waals surface area contributed by atoms with Crippen molar-refractivity contribution in [1.82, 2.24) is 4.57 Å². The summed E-state index contributed by atoms with van der Waals surface area (Å²) in [5, 5.41) is 9.39. The molecule has 0 spiro atoms. The molecule has 1 aromatic heterocycles. The minimum absolute atomic E-state index is 0.267. The average molecular weight is 230 g/mol. The Morgan fingerprint density at radius 1 is 1.60 bits per heavy atom. The van der Waals surface area contributed by atoms with Crippen LogP contribution in [0.2, 0.25) is 5.02 Å². The number of aryl methyl sites for hydroxylation is 1. The van der Waals surface area contributed by atoms with Crippen LogP contribution in [-0.2, 0) is 6.54 Å². The highest BCUT2D eigenvalue weighted by Crippen LogP contribution is 2.16. The van der Waals surface area contributed by atoms with E-state index < -0.39 is 5.97 Å². The molecule has 0 aromatic carbocycles. The number of nitrogens with zero attached hydrogens (tertiary/aromatic N) is 1. The zero-order valence-electron chi connectivity index (χ0n) is 9.03. The number of halogens is 1. The first-order valence-corrected chi connectivity index (χ1v) is 5.47. The Kier molecular flexibility index (Phi) is 4.21. The van der Waals surface area contributed by atoms with E-state index in [2.05, 4.69) is 13.8 Å². The fourth-order valence-corrected chi connectivity index (χ4v) is 1.73. The molecule has 1 rings (SSSR count). The van der Waals surface area contributed by atoms with Crippen LogP contribution in [0.15, 0.2) is 12.3 Å².